The molecule has 2 aromatic carbocycles. The maximum atomic E-state index is 13.2. The van der Waals surface area contributed by atoms with Crippen LogP contribution in [-0.2, 0) is 0 Å². The zero-order chi connectivity index (χ0) is 24.4. The topological polar surface area (TPSA) is 66.0 Å². The van der Waals surface area contributed by atoms with E-state index in [-0.39, 0.29) is 11.8 Å². The number of fused-ring (bicyclic) bond motifs is 1. The third-order valence-electron chi connectivity index (χ3n) is 6.59. The molecule has 0 atom stereocenters. The van der Waals surface area contributed by atoms with Crippen molar-refractivity contribution in [2.75, 3.05) is 44.7 Å². The molecule has 0 bridgehead atoms. The molecule has 1 fully saturated rings. The summed E-state index contributed by atoms with van der Waals surface area (Å²) < 4.78 is 5.12. The number of hydrogen-bond donors (Lipinski definition) is 0. The van der Waals surface area contributed by atoms with E-state index in [2.05, 4.69) is 34.2 Å². The summed E-state index contributed by atoms with van der Waals surface area (Å²) in [5, 5.41) is 0. The normalized spacial score (nSPS) is 15.1. The number of rotatable bonds is 4. The van der Waals surface area contributed by atoms with Crippen LogP contribution in [0.4, 0.5) is 11.4 Å². The molecule has 3 heterocycles. The van der Waals surface area contributed by atoms with Crippen molar-refractivity contribution in [3.63, 3.8) is 0 Å². The van der Waals surface area contributed by atoms with Crippen LogP contribution in [0.1, 0.15) is 31.8 Å². The van der Waals surface area contributed by atoms with Crippen molar-refractivity contribution < 1.29 is 14.3 Å². The third-order valence-corrected chi connectivity index (χ3v) is 6.59. The molecule has 3 aromatic rings. The Hall–Kier alpha value is -4.13. The van der Waals surface area contributed by atoms with Gasteiger partial charge in [-0.1, -0.05) is 30.4 Å². The van der Waals surface area contributed by atoms with Crippen LogP contribution in [0.5, 0.6) is 5.88 Å². The number of para-hydroxylation sites is 1. The average molecular weight is 469 g/mol. The van der Waals surface area contributed by atoms with Gasteiger partial charge in [-0.3, -0.25) is 9.59 Å². The van der Waals surface area contributed by atoms with Gasteiger partial charge in [-0.2, -0.15) is 0 Å². The van der Waals surface area contributed by atoms with Crippen LogP contribution in [0.15, 0.2) is 66.9 Å². The second-order valence-corrected chi connectivity index (χ2v) is 8.74. The van der Waals surface area contributed by atoms with Crippen molar-refractivity contribution in [3.05, 3.63) is 89.1 Å². The summed E-state index contributed by atoms with van der Waals surface area (Å²) in [5.74, 6) is 0.331. The highest BCUT2D eigenvalue weighted by Gasteiger charge is 2.26. The number of aryl methyl sites for hydroxylation is 1. The van der Waals surface area contributed by atoms with Gasteiger partial charge in [0, 0.05) is 67.5 Å². The van der Waals surface area contributed by atoms with Gasteiger partial charge in [-0.15, -0.1) is 0 Å². The summed E-state index contributed by atoms with van der Waals surface area (Å²) in [7, 11) is 1.53. The molecule has 0 aliphatic carbocycles. The highest BCUT2D eigenvalue weighted by Crippen LogP contribution is 2.34. The van der Waals surface area contributed by atoms with Gasteiger partial charge in [0.25, 0.3) is 11.8 Å². The quantitative estimate of drug-likeness (QED) is 0.575. The third kappa shape index (κ3) is 4.49. The predicted octanol–water partition coefficient (Wildman–Crippen LogP) is 4.16. The molecular weight excluding hydrogens is 440 g/mol. The Balaban J connectivity index is 1.26. The molecule has 2 aliphatic heterocycles. The summed E-state index contributed by atoms with van der Waals surface area (Å²) in [6.45, 7) is 4.82. The first kappa shape index (κ1) is 22.7. The molecule has 0 N–H and O–H groups in total. The standard InChI is InChI=1S/C28H28N4O3/c1-20-18-22(9-10-24(20)32-13-5-7-21-6-3-4-8-25(21)32)27(33)30-14-16-31(17-15-30)28(34)23-11-12-29-26(19-23)35-2/h3-12,18-19H,13-17H2,1-2H3. The highest BCUT2D eigenvalue weighted by atomic mass is 16.5. The fourth-order valence-corrected chi connectivity index (χ4v) is 4.71. The van der Waals surface area contributed by atoms with Crippen molar-refractivity contribution in [1.29, 1.82) is 0 Å². The van der Waals surface area contributed by atoms with Crippen molar-refractivity contribution in [2.24, 2.45) is 0 Å². The monoisotopic (exact) mass is 468 g/mol. The number of nitrogens with zero attached hydrogens (tertiary/aromatic N) is 4. The number of hydrogen-bond acceptors (Lipinski definition) is 5. The van der Waals surface area contributed by atoms with E-state index in [0.29, 0.717) is 43.2 Å². The van der Waals surface area contributed by atoms with Crippen LogP contribution in [-0.4, -0.2) is 66.4 Å². The lowest BCUT2D eigenvalue weighted by Crippen LogP contribution is -2.50. The minimum Gasteiger partial charge on any atom is -0.481 e. The molecule has 0 radical (unpaired) electrons. The van der Waals surface area contributed by atoms with E-state index in [9.17, 15) is 9.59 Å². The molecule has 0 unspecified atom stereocenters. The zero-order valence-corrected chi connectivity index (χ0v) is 20.0. The Bertz CT molecular complexity index is 1290. The lowest BCUT2D eigenvalue weighted by atomic mass is 10.0. The van der Waals surface area contributed by atoms with E-state index < -0.39 is 0 Å². The fraction of sp³-hybridized carbons (Fsp3) is 0.250. The maximum Gasteiger partial charge on any atom is 0.254 e. The summed E-state index contributed by atoms with van der Waals surface area (Å²) in [6, 6.07) is 17.6. The second kappa shape index (κ2) is 9.62. The number of piperazine rings is 1. The molecule has 0 spiro atoms. The highest BCUT2D eigenvalue weighted by molar-refractivity contribution is 5.96. The molecule has 7 nitrogen and oxygen atoms in total. The number of pyridine rings is 1. The first-order valence-corrected chi connectivity index (χ1v) is 11.8. The Morgan fingerprint density at radius 3 is 2.23 bits per heavy atom. The molecule has 35 heavy (non-hydrogen) atoms. The number of aromatic nitrogens is 1. The van der Waals surface area contributed by atoms with E-state index in [1.165, 1.54) is 18.4 Å². The molecule has 1 saturated heterocycles. The Kier molecular flexibility index (Phi) is 6.23. The Labute approximate surface area is 205 Å². The minimum atomic E-state index is -0.0751. The van der Waals surface area contributed by atoms with Crippen LogP contribution in [0.2, 0.25) is 0 Å². The molecule has 7 heteroatoms. The average Bonchev–Trinajstić information content (AvgIpc) is 2.92. The number of carbonyl (C=O) groups is 2. The fourth-order valence-electron chi connectivity index (χ4n) is 4.71. The molecular formula is C28H28N4O3. The molecule has 1 aromatic heterocycles. The molecule has 0 saturated carbocycles. The van der Waals surface area contributed by atoms with Crippen molar-refractivity contribution in [1.82, 2.24) is 14.8 Å². The van der Waals surface area contributed by atoms with Gasteiger partial charge in [0.2, 0.25) is 5.88 Å². The first-order valence-electron chi connectivity index (χ1n) is 11.8. The second-order valence-electron chi connectivity index (χ2n) is 8.74. The largest absolute Gasteiger partial charge is 0.481 e. The molecule has 178 valence electrons. The van der Waals surface area contributed by atoms with Gasteiger partial charge >= 0.3 is 0 Å². The number of benzene rings is 2. The van der Waals surface area contributed by atoms with E-state index in [4.69, 9.17) is 4.74 Å². The Morgan fingerprint density at radius 1 is 0.857 bits per heavy atom. The van der Waals surface area contributed by atoms with Crippen LogP contribution >= 0.6 is 0 Å². The van der Waals surface area contributed by atoms with E-state index >= 15 is 0 Å². The molecule has 2 amide bonds. The molecule has 5 rings (SSSR count). The van der Waals surface area contributed by atoms with Crippen molar-refractivity contribution in [2.45, 2.75) is 6.92 Å². The maximum absolute atomic E-state index is 13.2. The summed E-state index contributed by atoms with van der Waals surface area (Å²) in [4.78, 5) is 36.0. The van der Waals surface area contributed by atoms with Gasteiger partial charge in [0.15, 0.2) is 0 Å². The summed E-state index contributed by atoms with van der Waals surface area (Å²) in [6.07, 6.45) is 5.87. The van der Waals surface area contributed by atoms with Crippen molar-refractivity contribution in [3.8, 4) is 5.88 Å². The number of anilines is 2. The van der Waals surface area contributed by atoms with Crippen LogP contribution < -0.4 is 9.64 Å². The van der Waals surface area contributed by atoms with Crippen LogP contribution in [0.25, 0.3) is 6.08 Å². The van der Waals surface area contributed by atoms with Gasteiger partial charge < -0.3 is 19.4 Å². The van der Waals surface area contributed by atoms with Crippen LogP contribution in [0.3, 0.4) is 0 Å². The number of amides is 2. The lowest BCUT2D eigenvalue weighted by molar-refractivity contribution is 0.0535. The van der Waals surface area contributed by atoms with E-state index in [1.807, 2.05) is 42.2 Å². The molecule has 2 aliphatic rings. The van der Waals surface area contributed by atoms with Gasteiger partial charge in [0.05, 0.1) is 7.11 Å². The SMILES string of the molecule is COc1cc(C(=O)N2CCN(C(=O)c3ccc(N4CC=Cc5ccccc54)c(C)c3)CC2)ccn1. The van der Waals surface area contributed by atoms with Crippen LogP contribution in [0, 0.1) is 6.92 Å². The van der Waals surface area contributed by atoms with Gasteiger partial charge in [-0.25, -0.2) is 4.98 Å². The minimum absolute atomic E-state index is 0.00345. The predicted molar refractivity (Wildman–Crippen MR) is 136 cm³/mol. The number of carbonyl (C=O) groups excluding carboxylic acids is 2. The number of methoxy groups -OCH3 is 1. The zero-order valence-electron chi connectivity index (χ0n) is 20.0. The van der Waals surface area contributed by atoms with Gasteiger partial charge in [0.1, 0.15) is 0 Å². The number of ether oxygens (including phenoxy) is 1. The van der Waals surface area contributed by atoms with Crippen molar-refractivity contribution >= 4 is 29.3 Å². The van der Waals surface area contributed by atoms with E-state index in [0.717, 1.165) is 17.8 Å². The van der Waals surface area contributed by atoms with Gasteiger partial charge in [-0.05, 0) is 48.4 Å². The smallest absolute Gasteiger partial charge is 0.254 e. The lowest BCUT2D eigenvalue weighted by Gasteiger charge is -2.35. The summed E-state index contributed by atoms with van der Waals surface area (Å²) in [5.41, 5.74) is 5.73. The van der Waals surface area contributed by atoms with E-state index in [1.54, 1.807) is 23.2 Å². The Morgan fingerprint density at radius 2 is 1.54 bits per heavy atom. The first-order chi connectivity index (χ1) is 17.0. The summed E-state index contributed by atoms with van der Waals surface area (Å²) >= 11 is 0.